The highest BCUT2D eigenvalue weighted by Gasteiger charge is 2.47. The number of anilines is 1. The molecule has 2 amide bonds. The summed E-state index contributed by atoms with van der Waals surface area (Å²) in [4.78, 5) is 31.7. The quantitative estimate of drug-likeness (QED) is 0.823. The maximum atomic E-state index is 13.0. The molecular weight excluding hydrogens is 363 g/mol. The first kappa shape index (κ1) is 18.2. The third-order valence-electron chi connectivity index (χ3n) is 5.26. The van der Waals surface area contributed by atoms with Crippen LogP contribution in [-0.2, 0) is 11.2 Å². The van der Waals surface area contributed by atoms with Crippen molar-refractivity contribution in [1.29, 1.82) is 0 Å². The molecule has 146 valence electrons. The third kappa shape index (κ3) is 3.62. The number of aryl methyl sites for hydroxylation is 1. The first-order chi connectivity index (χ1) is 13.5. The number of pyridine rings is 1. The number of aromatic nitrogens is 1. The number of rotatable bonds is 6. The number of ether oxygens (including phenoxy) is 1. The number of carbonyl (C=O) groups is 2. The minimum Gasteiger partial charge on any atom is -0.442 e. The lowest BCUT2D eigenvalue weighted by molar-refractivity contribution is 0.1000. The summed E-state index contributed by atoms with van der Waals surface area (Å²) in [6.45, 7) is 1.68. The lowest BCUT2D eigenvalue weighted by Crippen LogP contribution is -2.38. The summed E-state index contributed by atoms with van der Waals surface area (Å²) in [5, 5.41) is 0. The molecular formula is C20H21FN4O3. The van der Waals surface area contributed by atoms with Crippen molar-refractivity contribution in [2.75, 3.05) is 24.5 Å². The topological polar surface area (TPSA) is 88.8 Å². The summed E-state index contributed by atoms with van der Waals surface area (Å²) in [6.07, 6.45) is 2.55. The van der Waals surface area contributed by atoms with Gasteiger partial charge in [-0.1, -0.05) is 12.1 Å². The number of fused-ring (bicyclic) bond motifs is 1. The molecule has 2 aliphatic rings. The number of benzene rings is 1. The molecule has 0 bridgehead atoms. The van der Waals surface area contributed by atoms with Crippen LogP contribution in [0.4, 0.5) is 15.0 Å². The van der Waals surface area contributed by atoms with Crippen molar-refractivity contribution in [3.63, 3.8) is 0 Å². The Balaban J connectivity index is 1.38. The van der Waals surface area contributed by atoms with Crippen LogP contribution in [0, 0.1) is 5.82 Å². The lowest BCUT2D eigenvalue weighted by Gasteiger charge is -2.23. The summed E-state index contributed by atoms with van der Waals surface area (Å²) in [5.74, 6) is -0.111. The van der Waals surface area contributed by atoms with Crippen molar-refractivity contribution >= 4 is 17.8 Å². The molecule has 7 nitrogen and oxygen atoms in total. The second-order valence-electron chi connectivity index (χ2n) is 7.08. The average Bonchev–Trinajstić information content (AvgIpc) is 3.21. The van der Waals surface area contributed by atoms with Gasteiger partial charge in [0.15, 0.2) is 0 Å². The van der Waals surface area contributed by atoms with Gasteiger partial charge in [0.1, 0.15) is 17.7 Å². The van der Waals surface area contributed by atoms with Gasteiger partial charge in [-0.3, -0.25) is 9.69 Å². The van der Waals surface area contributed by atoms with E-state index in [2.05, 4.69) is 4.98 Å². The van der Waals surface area contributed by atoms with Crippen LogP contribution in [-0.4, -0.2) is 53.7 Å². The van der Waals surface area contributed by atoms with E-state index >= 15 is 0 Å². The predicted molar refractivity (Wildman–Crippen MR) is 100 cm³/mol. The Morgan fingerprint density at radius 2 is 2.04 bits per heavy atom. The fourth-order valence-corrected chi connectivity index (χ4v) is 3.80. The molecule has 4 rings (SSSR count). The molecule has 1 aromatic carbocycles. The second kappa shape index (κ2) is 7.46. The van der Waals surface area contributed by atoms with E-state index in [0.29, 0.717) is 31.0 Å². The third-order valence-corrected chi connectivity index (χ3v) is 5.26. The van der Waals surface area contributed by atoms with Crippen LogP contribution in [0.2, 0.25) is 0 Å². The van der Waals surface area contributed by atoms with Gasteiger partial charge in [0.2, 0.25) is 5.91 Å². The van der Waals surface area contributed by atoms with Crippen LogP contribution in [0.5, 0.6) is 0 Å². The second-order valence-corrected chi connectivity index (χ2v) is 7.08. The number of nitrogens with two attached hydrogens (primary N) is 1. The predicted octanol–water partition coefficient (Wildman–Crippen LogP) is 1.96. The smallest absolute Gasteiger partial charge is 0.410 e. The van der Waals surface area contributed by atoms with Crippen LogP contribution in [0.1, 0.15) is 22.3 Å². The van der Waals surface area contributed by atoms with E-state index in [9.17, 15) is 14.0 Å². The van der Waals surface area contributed by atoms with Gasteiger partial charge in [-0.25, -0.2) is 14.2 Å². The maximum Gasteiger partial charge on any atom is 0.410 e. The molecule has 0 unspecified atom stereocenters. The minimum atomic E-state index is -0.503. The van der Waals surface area contributed by atoms with Crippen LogP contribution in [0.25, 0.3) is 0 Å². The number of hydrogen-bond acceptors (Lipinski definition) is 5. The van der Waals surface area contributed by atoms with E-state index in [0.717, 1.165) is 18.4 Å². The molecule has 2 N–H and O–H groups in total. The van der Waals surface area contributed by atoms with E-state index in [4.69, 9.17) is 10.5 Å². The van der Waals surface area contributed by atoms with Gasteiger partial charge in [-0.05, 0) is 42.7 Å². The average molecular weight is 384 g/mol. The van der Waals surface area contributed by atoms with Crippen molar-refractivity contribution in [2.45, 2.75) is 25.0 Å². The van der Waals surface area contributed by atoms with Crippen molar-refractivity contribution in [1.82, 2.24) is 9.88 Å². The highest BCUT2D eigenvalue weighted by Crippen LogP contribution is 2.30. The number of nitrogens with zero attached hydrogens (tertiary/aromatic N) is 3. The molecule has 2 saturated heterocycles. The molecule has 2 aromatic rings. The Hall–Kier alpha value is -3.16. The largest absolute Gasteiger partial charge is 0.442 e. The maximum absolute atomic E-state index is 13.0. The molecule has 2 atom stereocenters. The first-order valence-electron chi connectivity index (χ1n) is 9.24. The van der Waals surface area contributed by atoms with Gasteiger partial charge in [0, 0.05) is 24.8 Å². The van der Waals surface area contributed by atoms with Gasteiger partial charge in [0.05, 0.1) is 12.6 Å². The fourth-order valence-electron chi connectivity index (χ4n) is 3.80. The molecule has 1 aromatic heterocycles. The molecule has 0 radical (unpaired) electrons. The number of primary amides is 1. The van der Waals surface area contributed by atoms with Gasteiger partial charge >= 0.3 is 6.09 Å². The van der Waals surface area contributed by atoms with Crippen molar-refractivity contribution in [3.05, 3.63) is 59.5 Å². The van der Waals surface area contributed by atoms with Gasteiger partial charge in [0.25, 0.3) is 0 Å². The molecule has 2 fully saturated rings. The number of carbonyl (C=O) groups excluding carboxylic acids is 2. The van der Waals surface area contributed by atoms with Crippen LogP contribution >= 0.6 is 0 Å². The van der Waals surface area contributed by atoms with E-state index < -0.39 is 5.91 Å². The summed E-state index contributed by atoms with van der Waals surface area (Å²) < 4.78 is 18.5. The zero-order chi connectivity index (χ0) is 19.7. The number of halogens is 1. The van der Waals surface area contributed by atoms with E-state index in [1.165, 1.54) is 12.1 Å². The zero-order valence-corrected chi connectivity index (χ0v) is 15.3. The molecule has 28 heavy (non-hydrogen) atoms. The fraction of sp³-hybridized carbons (Fsp3) is 0.350. The van der Waals surface area contributed by atoms with Crippen molar-refractivity contribution < 1.29 is 18.7 Å². The summed E-state index contributed by atoms with van der Waals surface area (Å²) >= 11 is 0. The van der Waals surface area contributed by atoms with Crippen molar-refractivity contribution in [2.24, 2.45) is 5.73 Å². The van der Waals surface area contributed by atoms with E-state index in [-0.39, 0.29) is 24.1 Å². The molecule has 0 saturated carbocycles. The summed E-state index contributed by atoms with van der Waals surface area (Å²) in [6, 6.07) is 9.58. The minimum absolute atomic E-state index is 0.0558. The van der Waals surface area contributed by atoms with Crippen LogP contribution in [0.15, 0.2) is 42.6 Å². The van der Waals surface area contributed by atoms with Crippen molar-refractivity contribution in [3.8, 4) is 0 Å². The van der Waals surface area contributed by atoms with E-state index in [1.807, 2.05) is 4.90 Å². The first-order valence-corrected chi connectivity index (χ1v) is 9.24. The Kier molecular flexibility index (Phi) is 4.85. The highest BCUT2D eigenvalue weighted by molar-refractivity contribution is 5.93. The molecule has 0 aliphatic carbocycles. The van der Waals surface area contributed by atoms with Gasteiger partial charge in [-0.15, -0.1) is 0 Å². The lowest BCUT2D eigenvalue weighted by atomic mass is 10.1. The van der Waals surface area contributed by atoms with Gasteiger partial charge in [-0.2, -0.15) is 0 Å². The standard InChI is InChI=1S/C20H21FN4O3/c21-15-5-3-13(4-6-15)2-1-9-25-16-11-24(12-17(16)28-20(25)27)18-10-14(19(22)26)7-8-23-18/h3-8,10,16-17H,1-2,9,11-12H2,(H2,22,26)/t16-,17+/m0/s1. The molecule has 0 spiro atoms. The normalized spacial score (nSPS) is 21.0. The molecule has 3 heterocycles. The summed E-state index contributed by atoms with van der Waals surface area (Å²) in [7, 11) is 0. The Morgan fingerprint density at radius 1 is 1.25 bits per heavy atom. The van der Waals surface area contributed by atoms with Crippen LogP contribution in [0.3, 0.4) is 0 Å². The van der Waals surface area contributed by atoms with E-state index in [1.54, 1.807) is 35.4 Å². The Labute approximate surface area is 161 Å². The highest BCUT2D eigenvalue weighted by atomic mass is 19.1. The number of hydrogen-bond donors (Lipinski definition) is 1. The van der Waals surface area contributed by atoms with Gasteiger partial charge < -0.3 is 15.4 Å². The Morgan fingerprint density at radius 3 is 2.79 bits per heavy atom. The number of amides is 2. The Bertz CT molecular complexity index is 889. The SMILES string of the molecule is NC(=O)c1ccnc(N2C[C@H]3OC(=O)N(CCCc4ccc(F)cc4)[C@H]3C2)c1. The monoisotopic (exact) mass is 384 g/mol. The molecule has 2 aliphatic heterocycles. The molecule has 8 heteroatoms. The summed E-state index contributed by atoms with van der Waals surface area (Å²) in [5.41, 5.74) is 6.77. The zero-order valence-electron chi connectivity index (χ0n) is 15.3. The van der Waals surface area contributed by atoms with Crippen LogP contribution < -0.4 is 10.6 Å².